The van der Waals surface area contributed by atoms with Crippen LogP contribution in [0.4, 0.5) is 0 Å². The second kappa shape index (κ2) is 31.2. The molecule has 3 aromatic carbocycles. The smallest absolute Gasteiger partial charge is 0.872 e. The summed E-state index contributed by atoms with van der Waals surface area (Å²) in [4.78, 5) is 22.3. The Balaban J connectivity index is -0.000000616. The van der Waals surface area contributed by atoms with E-state index in [2.05, 4.69) is 19.8 Å². The molecule has 1 aliphatic rings. The molecule has 6 N–H and O–H groups in total. The Kier molecular flexibility index (Phi) is 33.6. The van der Waals surface area contributed by atoms with Gasteiger partial charge in [0.25, 0.3) is 0 Å². The van der Waals surface area contributed by atoms with Crippen molar-refractivity contribution in [1.29, 1.82) is 0 Å². The van der Waals surface area contributed by atoms with Crippen molar-refractivity contribution >= 4 is 18.4 Å². The van der Waals surface area contributed by atoms with E-state index in [9.17, 15) is 15.3 Å². The first kappa shape index (κ1) is 51.7. The van der Waals surface area contributed by atoms with Gasteiger partial charge in [-0.3, -0.25) is 19.8 Å². The SMILES string of the molecule is CC(=O)[O-].CCO.CCO.O.O.[O-]c1ccccc1C=NCCN1CCN(CCN=Cc2ccccc2[O-])C1c1ccccc1[O-].[Zn+2].[Zn+2]. The molecular formula is C33H46N4O9Zn2. The van der Waals surface area contributed by atoms with E-state index in [0.29, 0.717) is 37.3 Å². The molecule has 1 fully saturated rings. The van der Waals surface area contributed by atoms with Gasteiger partial charge in [-0.1, -0.05) is 72.8 Å². The van der Waals surface area contributed by atoms with Crippen LogP contribution in [0.3, 0.4) is 0 Å². The summed E-state index contributed by atoms with van der Waals surface area (Å²) in [6.45, 7) is 8.83. The maximum atomic E-state index is 12.6. The molecule has 13 nitrogen and oxygen atoms in total. The molecule has 1 saturated heterocycles. The number of hydrogen-bond donors (Lipinski definition) is 2. The molecule has 3 aromatic rings. The van der Waals surface area contributed by atoms with E-state index in [1.165, 1.54) is 12.1 Å². The molecule has 0 aromatic heterocycles. The van der Waals surface area contributed by atoms with Crippen molar-refractivity contribution in [2.45, 2.75) is 26.9 Å². The predicted molar refractivity (Wildman–Crippen MR) is 172 cm³/mol. The van der Waals surface area contributed by atoms with Crippen molar-refractivity contribution < 1.29 is 85.3 Å². The second-order valence-corrected chi connectivity index (χ2v) is 9.25. The summed E-state index contributed by atoms with van der Waals surface area (Å²) in [5, 5.41) is 60.3. The van der Waals surface area contributed by atoms with Crippen LogP contribution in [-0.4, -0.2) is 102 Å². The summed E-state index contributed by atoms with van der Waals surface area (Å²) in [6, 6.07) is 20.8. The number of carbonyl (C=O) groups excluding carboxylic acids is 1. The Hall–Kier alpha value is -3.12. The van der Waals surface area contributed by atoms with Crippen LogP contribution >= 0.6 is 0 Å². The molecule has 15 heteroatoms. The van der Waals surface area contributed by atoms with Crippen molar-refractivity contribution in [2.75, 3.05) is 52.5 Å². The maximum Gasteiger partial charge on any atom is 2.00 e. The van der Waals surface area contributed by atoms with Crippen LogP contribution in [0.25, 0.3) is 0 Å². The van der Waals surface area contributed by atoms with E-state index in [4.69, 9.17) is 20.1 Å². The average molecular weight is 774 g/mol. The van der Waals surface area contributed by atoms with Crippen LogP contribution in [0.15, 0.2) is 82.8 Å². The summed E-state index contributed by atoms with van der Waals surface area (Å²) in [7, 11) is 0. The fourth-order valence-corrected chi connectivity index (χ4v) is 4.16. The number of aliphatic hydroxyl groups excluding tert-OH is 2. The van der Waals surface area contributed by atoms with Crippen LogP contribution in [0.1, 0.15) is 43.6 Å². The van der Waals surface area contributed by atoms with Gasteiger partial charge in [-0.2, -0.15) is 0 Å². The van der Waals surface area contributed by atoms with Crippen molar-refractivity contribution in [3.05, 3.63) is 89.5 Å². The number of carboxylic acids is 1. The quantitative estimate of drug-likeness (QED) is 0.197. The molecule has 0 aliphatic carbocycles. The van der Waals surface area contributed by atoms with Crippen LogP contribution in [-0.2, 0) is 43.8 Å². The zero-order chi connectivity index (χ0) is 32.7. The minimum Gasteiger partial charge on any atom is -0.872 e. The first-order valence-electron chi connectivity index (χ1n) is 14.3. The largest absolute Gasteiger partial charge is 2.00 e. The fourth-order valence-electron chi connectivity index (χ4n) is 4.16. The number of benzene rings is 3. The van der Waals surface area contributed by atoms with E-state index < -0.39 is 5.97 Å². The van der Waals surface area contributed by atoms with Gasteiger partial charge in [-0.05, 0) is 37.5 Å². The topological polar surface area (TPSA) is 244 Å². The van der Waals surface area contributed by atoms with Crippen LogP contribution in [0.2, 0.25) is 0 Å². The van der Waals surface area contributed by atoms with Crippen LogP contribution in [0, 0.1) is 0 Å². The number of carbonyl (C=O) groups is 1. The first-order valence-corrected chi connectivity index (χ1v) is 14.3. The molecule has 0 saturated carbocycles. The van der Waals surface area contributed by atoms with Gasteiger partial charge >= 0.3 is 39.0 Å². The molecule has 48 heavy (non-hydrogen) atoms. The Bertz CT molecular complexity index is 1230. The summed E-state index contributed by atoms with van der Waals surface area (Å²) in [5.41, 5.74) is 1.89. The molecular weight excluding hydrogens is 727 g/mol. The van der Waals surface area contributed by atoms with E-state index in [1.807, 2.05) is 24.3 Å². The molecule has 1 heterocycles. The third kappa shape index (κ3) is 20.3. The van der Waals surface area contributed by atoms with Crippen molar-refractivity contribution in [2.24, 2.45) is 9.98 Å². The molecule has 0 radical (unpaired) electrons. The van der Waals surface area contributed by atoms with E-state index in [0.717, 1.165) is 25.6 Å². The zero-order valence-corrected chi connectivity index (χ0v) is 33.9. The fraction of sp³-hybridized carbons (Fsp3) is 0.364. The Morgan fingerprint density at radius 2 is 1.04 bits per heavy atom. The van der Waals surface area contributed by atoms with Gasteiger partial charge in [0.1, 0.15) is 0 Å². The molecule has 256 valence electrons. The Labute approximate surface area is 308 Å². The second-order valence-electron chi connectivity index (χ2n) is 9.25. The Morgan fingerprint density at radius 3 is 1.38 bits per heavy atom. The number of aliphatic hydroxyl groups is 2. The van der Waals surface area contributed by atoms with Crippen molar-refractivity contribution in [3.63, 3.8) is 0 Å². The normalized spacial score (nSPS) is 13.5. The molecule has 1 aliphatic heterocycles. The monoisotopic (exact) mass is 770 g/mol. The van der Waals surface area contributed by atoms with Gasteiger partial charge in [0.2, 0.25) is 0 Å². The number of para-hydroxylation sites is 3. The third-order valence-corrected chi connectivity index (χ3v) is 5.89. The van der Waals surface area contributed by atoms with E-state index in [-0.39, 0.29) is 86.5 Å². The maximum absolute atomic E-state index is 12.6. The number of hydrogen-bond acceptors (Lipinski definition) is 11. The standard InChI is InChI=1S/C27H30N4O3.C2H4O2.2C2H6O.2H2O.2Zn/c32-24-10-4-1-7-21(24)19-28-13-15-30-17-18-31(27(30)23-9-3-6-12-26(23)34)16-14-29-20-22-8-2-5-11-25(22)33;1-2(3)4;2*1-2-3;;;;/h1-12,19-20,27,32-34H,13-18H2;1H3,(H,3,4);2*3H,2H2,1H3;2*1H2;;/q;;;;;;2*+2/p-4. The molecule has 4 rings (SSSR count). The number of rotatable bonds is 9. The molecule has 0 spiro atoms. The average Bonchev–Trinajstić information content (AvgIpc) is 3.38. The van der Waals surface area contributed by atoms with Crippen LogP contribution in [0.5, 0.6) is 17.2 Å². The van der Waals surface area contributed by atoms with Crippen molar-refractivity contribution in [3.8, 4) is 17.2 Å². The third-order valence-electron chi connectivity index (χ3n) is 5.89. The number of nitrogens with zero attached hydrogens (tertiary/aromatic N) is 4. The Morgan fingerprint density at radius 1 is 0.729 bits per heavy atom. The molecule has 0 atom stereocenters. The van der Waals surface area contributed by atoms with E-state index >= 15 is 0 Å². The van der Waals surface area contributed by atoms with Gasteiger partial charge < -0.3 is 46.4 Å². The van der Waals surface area contributed by atoms with Gasteiger partial charge in [-0.25, -0.2) is 0 Å². The molecule has 0 amide bonds. The summed E-state index contributed by atoms with van der Waals surface area (Å²) >= 11 is 0. The first-order chi connectivity index (χ1) is 21.2. The van der Waals surface area contributed by atoms with Crippen LogP contribution < -0.4 is 20.4 Å². The summed E-state index contributed by atoms with van der Waals surface area (Å²) < 4.78 is 0. The molecule has 0 bridgehead atoms. The van der Waals surface area contributed by atoms with Gasteiger partial charge in [0, 0.05) is 57.8 Å². The predicted octanol–water partition coefficient (Wildman–Crippen LogP) is -1.14. The van der Waals surface area contributed by atoms with Crippen molar-refractivity contribution in [1.82, 2.24) is 9.80 Å². The zero-order valence-electron chi connectivity index (χ0n) is 28.0. The number of aliphatic carboxylic acids is 1. The number of carboxylic acid groups (broad SMARTS) is 1. The minimum atomic E-state index is -1.08. The number of aliphatic imine (C=N–C) groups is 2. The summed E-state index contributed by atoms with van der Waals surface area (Å²) in [6.07, 6.45) is 3.09. The summed E-state index contributed by atoms with van der Waals surface area (Å²) in [5.74, 6) is -1.16. The molecule has 0 unspecified atom stereocenters. The van der Waals surface area contributed by atoms with Gasteiger partial charge in [0.15, 0.2) is 0 Å². The van der Waals surface area contributed by atoms with Gasteiger partial charge in [0.05, 0.1) is 19.3 Å². The van der Waals surface area contributed by atoms with Gasteiger partial charge in [-0.15, -0.1) is 17.2 Å². The minimum absolute atomic E-state index is 0. The van der Waals surface area contributed by atoms with E-state index in [1.54, 1.807) is 62.7 Å².